The van der Waals surface area contributed by atoms with Crippen molar-refractivity contribution >= 4 is 33.6 Å². The topological polar surface area (TPSA) is 58.6 Å². The van der Waals surface area contributed by atoms with Crippen molar-refractivity contribution < 1.29 is 13.7 Å². The third kappa shape index (κ3) is 6.96. The Labute approximate surface area is 257 Å². The Hall–Kier alpha value is -2.58. The number of hydrogen-bond acceptors (Lipinski definition) is 5. The monoisotopic (exact) mass is 604 g/mol. The molecule has 1 unspecified atom stereocenters. The number of amides is 1. The highest BCUT2D eigenvalue weighted by atomic mass is 32.2. The van der Waals surface area contributed by atoms with Crippen LogP contribution in [0.25, 0.3) is 5.57 Å². The van der Waals surface area contributed by atoms with Crippen LogP contribution in [-0.4, -0.2) is 40.5 Å². The number of aryl methyl sites for hydroxylation is 1. The van der Waals surface area contributed by atoms with Gasteiger partial charge in [-0.1, -0.05) is 57.2 Å². The number of carbonyl (C=O) groups excluding carboxylic acids is 1. The quantitative estimate of drug-likeness (QED) is 0.248. The molecule has 7 heteroatoms. The normalized spacial score (nSPS) is 17.1. The summed E-state index contributed by atoms with van der Waals surface area (Å²) in [5, 5.41) is 3.08. The number of nitrogens with zero attached hydrogens (tertiary/aromatic N) is 1. The van der Waals surface area contributed by atoms with Crippen LogP contribution in [0.5, 0.6) is 0 Å². The van der Waals surface area contributed by atoms with E-state index in [2.05, 4.69) is 54.9 Å². The van der Waals surface area contributed by atoms with Gasteiger partial charge in [-0.2, -0.15) is 0 Å². The number of unbranched alkanes of at least 4 members (excludes halogenated alkanes) is 1. The van der Waals surface area contributed by atoms with Gasteiger partial charge in [0.1, 0.15) is 5.60 Å². The lowest BCUT2D eigenvalue weighted by atomic mass is 9.85. The van der Waals surface area contributed by atoms with E-state index in [0.717, 1.165) is 60.7 Å². The smallest absolute Gasteiger partial charge is 0.261 e. The largest absolute Gasteiger partial charge is 0.369 e. The summed E-state index contributed by atoms with van der Waals surface area (Å²) in [6, 6.07) is 16.6. The molecule has 1 aromatic heterocycles. The molecule has 2 aliphatic heterocycles. The first-order valence-corrected chi connectivity index (χ1v) is 17.5. The average molecular weight is 605 g/mol. The standard InChI is InChI=1S/C35H44N2O3S2/c1-5-7-8-25(3)31-14-11-28(21-26(31)4)24-37-18-16-35(17-19-37)33-29(15-20-40-35)22-32(41-33)34(38)36-23-27-9-12-30(13-10-27)42(39)6-2/h9-14,21-22H,3,5-8,15-20,23-24H2,1-2,4H3,(H,36,38). The molecule has 224 valence electrons. The van der Waals surface area contributed by atoms with Crippen molar-refractivity contribution in [1.82, 2.24) is 10.2 Å². The molecule has 0 aliphatic carbocycles. The van der Waals surface area contributed by atoms with Crippen LogP contribution in [0.1, 0.15) is 88.3 Å². The van der Waals surface area contributed by atoms with Crippen LogP contribution in [0, 0.1) is 6.92 Å². The van der Waals surface area contributed by atoms with Crippen LogP contribution >= 0.6 is 11.3 Å². The van der Waals surface area contributed by atoms with Crippen LogP contribution in [0.3, 0.4) is 0 Å². The second-order valence-electron chi connectivity index (χ2n) is 11.7. The molecule has 0 radical (unpaired) electrons. The molecular formula is C35H44N2O3S2. The first kappa shape index (κ1) is 30.9. The van der Waals surface area contributed by atoms with Gasteiger partial charge in [-0.25, -0.2) is 0 Å². The van der Waals surface area contributed by atoms with E-state index >= 15 is 0 Å². The number of rotatable bonds is 11. The lowest BCUT2D eigenvalue weighted by Gasteiger charge is -2.43. The number of nitrogens with one attached hydrogen (secondary N) is 1. The van der Waals surface area contributed by atoms with Gasteiger partial charge in [0.15, 0.2) is 0 Å². The van der Waals surface area contributed by atoms with Gasteiger partial charge in [0.05, 0.1) is 22.3 Å². The van der Waals surface area contributed by atoms with Crippen LogP contribution < -0.4 is 5.32 Å². The summed E-state index contributed by atoms with van der Waals surface area (Å²) in [6.45, 7) is 14.7. The number of fused-ring (bicyclic) bond motifs is 2. The molecule has 1 saturated heterocycles. The summed E-state index contributed by atoms with van der Waals surface area (Å²) >= 11 is 1.61. The predicted octanol–water partition coefficient (Wildman–Crippen LogP) is 7.38. The highest BCUT2D eigenvalue weighted by molar-refractivity contribution is 7.85. The Bertz CT molecular complexity index is 1430. The molecule has 5 rings (SSSR count). The molecule has 0 saturated carbocycles. The summed E-state index contributed by atoms with van der Waals surface area (Å²) in [4.78, 5) is 18.5. The minimum atomic E-state index is -0.964. The van der Waals surface area contributed by atoms with Crippen molar-refractivity contribution in [2.75, 3.05) is 25.4 Å². The third-order valence-corrected chi connectivity index (χ3v) is 11.4. The molecule has 3 aromatic rings. The maximum absolute atomic E-state index is 13.1. The number of allylic oxidation sites excluding steroid dienone is 1. The molecule has 3 heterocycles. The van der Waals surface area contributed by atoms with Crippen molar-refractivity contribution in [1.29, 1.82) is 0 Å². The zero-order valence-corrected chi connectivity index (χ0v) is 26.9. The van der Waals surface area contributed by atoms with Crippen LogP contribution in [0.4, 0.5) is 0 Å². The van der Waals surface area contributed by atoms with Gasteiger partial charge >= 0.3 is 0 Å². The van der Waals surface area contributed by atoms with Gasteiger partial charge < -0.3 is 10.1 Å². The van der Waals surface area contributed by atoms with Crippen molar-refractivity contribution in [3.63, 3.8) is 0 Å². The highest BCUT2D eigenvalue weighted by Gasteiger charge is 2.42. The maximum Gasteiger partial charge on any atom is 0.261 e. The van der Waals surface area contributed by atoms with E-state index < -0.39 is 10.8 Å². The number of likely N-dealkylation sites (tertiary alicyclic amines) is 1. The molecule has 1 fully saturated rings. The van der Waals surface area contributed by atoms with E-state index in [-0.39, 0.29) is 11.5 Å². The number of thiophene rings is 1. The molecule has 1 spiro atoms. The Morgan fingerprint density at radius 2 is 1.83 bits per heavy atom. The minimum absolute atomic E-state index is 0.0422. The summed E-state index contributed by atoms with van der Waals surface area (Å²) in [7, 11) is -0.964. The first-order valence-electron chi connectivity index (χ1n) is 15.3. The summed E-state index contributed by atoms with van der Waals surface area (Å²) in [5.41, 5.74) is 7.20. The fourth-order valence-corrected chi connectivity index (χ4v) is 8.28. The molecule has 42 heavy (non-hydrogen) atoms. The van der Waals surface area contributed by atoms with Gasteiger partial charge in [-0.3, -0.25) is 13.9 Å². The molecule has 1 N–H and O–H groups in total. The van der Waals surface area contributed by atoms with E-state index in [1.54, 1.807) is 11.3 Å². The lowest BCUT2D eigenvalue weighted by molar-refractivity contribution is -0.0960. The van der Waals surface area contributed by atoms with Gasteiger partial charge in [0, 0.05) is 41.7 Å². The van der Waals surface area contributed by atoms with Gasteiger partial charge in [-0.05, 0) is 90.6 Å². The Morgan fingerprint density at radius 1 is 1.10 bits per heavy atom. The second kappa shape index (κ2) is 13.8. The fourth-order valence-electron chi connectivity index (χ4n) is 6.18. The number of ether oxygens (including phenoxy) is 1. The highest BCUT2D eigenvalue weighted by Crippen LogP contribution is 2.45. The predicted molar refractivity (Wildman–Crippen MR) is 174 cm³/mol. The average Bonchev–Trinajstić information content (AvgIpc) is 3.46. The molecular weight excluding hydrogens is 561 g/mol. The number of hydrogen-bond donors (Lipinski definition) is 1. The minimum Gasteiger partial charge on any atom is -0.369 e. The zero-order valence-electron chi connectivity index (χ0n) is 25.3. The van der Waals surface area contributed by atoms with Crippen LogP contribution in [0.2, 0.25) is 0 Å². The number of carbonyl (C=O) groups is 1. The van der Waals surface area contributed by atoms with Crippen LogP contribution in [0.15, 0.2) is 60.0 Å². The van der Waals surface area contributed by atoms with Crippen molar-refractivity contribution in [3.8, 4) is 0 Å². The van der Waals surface area contributed by atoms with Gasteiger partial charge in [-0.15, -0.1) is 11.3 Å². The maximum atomic E-state index is 13.1. The Balaban J connectivity index is 1.19. The van der Waals surface area contributed by atoms with E-state index in [0.29, 0.717) is 18.9 Å². The van der Waals surface area contributed by atoms with Crippen LogP contribution in [-0.2, 0) is 40.6 Å². The van der Waals surface area contributed by atoms with E-state index in [1.165, 1.54) is 45.5 Å². The van der Waals surface area contributed by atoms with E-state index in [1.807, 2.05) is 31.2 Å². The van der Waals surface area contributed by atoms with Gasteiger partial charge in [0.2, 0.25) is 0 Å². The Morgan fingerprint density at radius 3 is 2.52 bits per heavy atom. The summed E-state index contributed by atoms with van der Waals surface area (Å²) in [6.07, 6.45) is 6.19. The van der Waals surface area contributed by atoms with E-state index in [4.69, 9.17) is 4.74 Å². The molecule has 0 bridgehead atoms. The molecule has 2 aromatic carbocycles. The fraction of sp³-hybridized carbons (Fsp3) is 0.457. The number of piperidine rings is 1. The van der Waals surface area contributed by atoms with E-state index in [9.17, 15) is 9.00 Å². The van der Waals surface area contributed by atoms with Gasteiger partial charge in [0.25, 0.3) is 5.91 Å². The van der Waals surface area contributed by atoms with Crippen molar-refractivity contribution in [2.24, 2.45) is 0 Å². The molecule has 1 amide bonds. The zero-order chi connectivity index (χ0) is 29.7. The first-order chi connectivity index (χ1) is 20.3. The molecule has 2 aliphatic rings. The van der Waals surface area contributed by atoms with Crippen molar-refractivity contribution in [3.05, 3.63) is 92.7 Å². The Kier molecular flexibility index (Phi) is 10.1. The van der Waals surface area contributed by atoms with Crippen molar-refractivity contribution in [2.45, 2.75) is 82.9 Å². The lowest BCUT2D eigenvalue weighted by Crippen LogP contribution is -2.45. The second-order valence-corrected chi connectivity index (χ2v) is 14.4. The third-order valence-electron chi connectivity index (χ3n) is 8.67. The SMILES string of the molecule is C=C(CCCC)c1ccc(CN2CCC3(CC2)OCCc2cc(C(=O)NCc4ccc(S(=O)CC)cc4)sc23)cc1C. The molecule has 5 nitrogen and oxygen atoms in total. The summed E-state index contributed by atoms with van der Waals surface area (Å²) in [5.74, 6) is 0.561. The molecule has 1 atom stereocenters. The number of benzene rings is 2. The summed E-state index contributed by atoms with van der Waals surface area (Å²) < 4.78 is 18.5.